The van der Waals surface area contributed by atoms with Crippen LogP contribution in [0.3, 0.4) is 0 Å². The largest absolute Gasteiger partial charge is 0.494 e. The van der Waals surface area contributed by atoms with Crippen molar-refractivity contribution in [3.05, 3.63) is 59.8 Å². The Morgan fingerprint density at radius 1 is 0.818 bits per heavy atom. The average molecular weight is 447 g/mol. The van der Waals surface area contributed by atoms with E-state index in [2.05, 4.69) is 29.5 Å². The number of carbonyl (C=O) groups is 1. The van der Waals surface area contributed by atoms with Gasteiger partial charge in [0.2, 0.25) is 5.95 Å². The molecule has 7 nitrogen and oxygen atoms in total. The third-order valence-electron chi connectivity index (χ3n) is 5.40. The lowest BCUT2D eigenvalue weighted by Crippen LogP contribution is -2.29. The third kappa shape index (κ3) is 5.42. The van der Waals surface area contributed by atoms with E-state index in [9.17, 15) is 4.79 Å². The van der Waals surface area contributed by atoms with Crippen LogP contribution in [0.4, 0.5) is 23.1 Å². The number of nitrogens with zero attached hydrogens (tertiary/aromatic N) is 2. The maximum atomic E-state index is 13.0. The van der Waals surface area contributed by atoms with E-state index in [1.807, 2.05) is 62.4 Å². The molecule has 3 aromatic rings. The predicted molar refractivity (Wildman–Crippen MR) is 130 cm³/mol. The van der Waals surface area contributed by atoms with Crippen LogP contribution in [-0.4, -0.2) is 29.0 Å². The van der Waals surface area contributed by atoms with Crippen molar-refractivity contribution < 1.29 is 14.3 Å². The number of rotatable bonds is 8. The van der Waals surface area contributed by atoms with Gasteiger partial charge in [-0.1, -0.05) is 13.8 Å². The monoisotopic (exact) mass is 446 g/mol. The van der Waals surface area contributed by atoms with Crippen molar-refractivity contribution in [2.45, 2.75) is 40.5 Å². The first-order chi connectivity index (χ1) is 15.9. The Hall–Kier alpha value is -3.61. The number of ether oxygens (including phenoxy) is 2. The van der Waals surface area contributed by atoms with E-state index in [1.54, 1.807) is 0 Å². The Bertz CT molecular complexity index is 1130. The van der Waals surface area contributed by atoms with Gasteiger partial charge >= 0.3 is 0 Å². The smallest absolute Gasteiger partial charge is 0.229 e. The summed E-state index contributed by atoms with van der Waals surface area (Å²) in [6, 6.07) is 15.2. The molecule has 0 fully saturated rings. The molecule has 172 valence electrons. The van der Waals surface area contributed by atoms with Gasteiger partial charge in [0, 0.05) is 17.8 Å². The fourth-order valence-electron chi connectivity index (χ4n) is 3.98. The molecule has 4 rings (SSSR count). The van der Waals surface area contributed by atoms with Crippen LogP contribution in [0, 0.1) is 5.41 Å². The molecule has 2 N–H and O–H groups in total. The second-order valence-corrected chi connectivity index (χ2v) is 8.82. The quantitative estimate of drug-likeness (QED) is 0.444. The maximum Gasteiger partial charge on any atom is 0.229 e. The maximum absolute atomic E-state index is 13.0. The molecule has 33 heavy (non-hydrogen) atoms. The topological polar surface area (TPSA) is 85.4 Å². The van der Waals surface area contributed by atoms with Gasteiger partial charge in [0.15, 0.2) is 5.78 Å². The van der Waals surface area contributed by atoms with Crippen LogP contribution in [0.5, 0.6) is 11.5 Å². The Labute approximate surface area is 194 Å². The standard InChI is InChI=1S/C26H30N4O3/c1-5-32-19-11-7-17(8-12-19)27-24-23-21(15-26(3,4)16-22(23)31)29-25(30-24)28-18-9-13-20(14-10-18)33-6-2/h7-14H,5-6,15-16H2,1-4H3,(H2,27,28,29,30). The summed E-state index contributed by atoms with van der Waals surface area (Å²) in [4.78, 5) is 22.4. The predicted octanol–water partition coefficient (Wildman–Crippen LogP) is 5.92. The van der Waals surface area contributed by atoms with Gasteiger partial charge in [0.25, 0.3) is 0 Å². The minimum Gasteiger partial charge on any atom is -0.494 e. The number of hydrogen-bond donors (Lipinski definition) is 2. The van der Waals surface area contributed by atoms with Crippen molar-refractivity contribution in [2.75, 3.05) is 23.8 Å². The Balaban J connectivity index is 1.67. The SMILES string of the molecule is CCOc1ccc(Nc2nc3c(c(Nc4ccc(OCC)cc4)n2)C(=O)CC(C)(C)C3)cc1. The number of nitrogens with one attached hydrogen (secondary N) is 2. The van der Waals surface area contributed by atoms with E-state index >= 15 is 0 Å². The van der Waals surface area contributed by atoms with Gasteiger partial charge in [-0.3, -0.25) is 4.79 Å². The van der Waals surface area contributed by atoms with E-state index in [1.165, 1.54) is 0 Å². The number of Topliss-reactive ketones (excluding diaryl/α,β-unsaturated/α-hetero) is 1. The van der Waals surface area contributed by atoms with E-state index < -0.39 is 0 Å². The minimum atomic E-state index is -0.148. The van der Waals surface area contributed by atoms with Gasteiger partial charge < -0.3 is 20.1 Å². The van der Waals surface area contributed by atoms with Gasteiger partial charge in [-0.2, -0.15) is 4.98 Å². The summed E-state index contributed by atoms with van der Waals surface area (Å²) in [5.41, 5.74) is 2.84. The van der Waals surface area contributed by atoms with E-state index in [-0.39, 0.29) is 11.2 Å². The van der Waals surface area contributed by atoms with Crippen molar-refractivity contribution in [2.24, 2.45) is 5.41 Å². The van der Waals surface area contributed by atoms with Gasteiger partial charge in [0.1, 0.15) is 17.3 Å². The van der Waals surface area contributed by atoms with Crippen LogP contribution < -0.4 is 20.1 Å². The second-order valence-electron chi connectivity index (χ2n) is 8.82. The summed E-state index contributed by atoms with van der Waals surface area (Å²) in [7, 11) is 0. The van der Waals surface area contributed by atoms with Crippen molar-refractivity contribution in [3.63, 3.8) is 0 Å². The zero-order valence-electron chi connectivity index (χ0n) is 19.6. The fraction of sp³-hybridized carbons (Fsp3) is 0.346. The van der Waals surface area contributed by atoms with Crippen LogP contribution in [0.2, 0.25) is 0 Å². The molecule has 1 aliphatic rings. The molecule has 2 aromatic carbocycles. The first-order valence-electron chi connectivity index (χ1n) is 11.3. The van der Waals surface area contributed by atoms with Crippen LogP contribution in [0.15, 0.2) is 48.5 Å². The lowest BCUT2D eigenvalue weighted by atomic mass is 9.75. The normalized spacial score (nSPS) is 14.4. The summed E-state index contributed by atoms with van der Waals surface area (Å²) in [5.74, 6) is 2.61. The zero-order valence-corrected chi connectivity index (χ0v) is 19.6. The van der Waals surface area contributed by atoms with E-state index in [0.29, 0.717) is 43.4 Å². The summed E-state index contributed by atoms with van der Waals surface area (Å²) in [5, 5.41) is 6.59. The highest BCUT2D eigenvalue weighted by Gasteiger charge is 2.35. The molecule has 0 aliphatic heterocycles. The molecule has 1 aromatic heterocycles. The van der Waals surface area contributed by atoms with E-state index in [4.69, 9.17) is 14.5 Å². The van der Waals surface area contributed by atoms with Crippen LogP contribution >= 0.6 is 0 Å². The van der Waals surface area contributed by atoms with Crippen molar-refractivity contribution in [1.29, 1.82) is 0 Å². The molecular weight excluding hydrogens is 416 g/mol. The minimum absolute atomic E-state index is 0.0577. The van der Waals surface area contributed by atoms with Gasteiger partial charge in [-0.25, -0.2) is 4.98 Å². The second kappa shape index (κ2) is 9.48. The highest BCUT2D eigenvalue weighted by Crippen LogP contribution is 2.38. The molecule has 7 heteroatoms. The molecule has 0 atom stereocenters. The first kappa shape index (κ1) is 22.6. The summed E-state index contributed by atoms with van der Waals surface area (Å²) >= 11 is 0. The number of ketones is 1. The summed E-state index contributed by atoms with van der Waals surface area (Å²) in [6.45, 7) is 9.31. The third-order valence-corrected chi connectivity index (χ3v) is 5.40. The number of anilines is 4. The number of fused-ring (bicyclic) bond motifs is 1. The molecular formula is C26H30N4O3. The number of carbonyl (C=O) groups excluding carboxylic acids is 1. The molecule has 0 radical (unpaired) electrons. The first-order valence-corrected chi connectivity index (χ1v) is 11.3. The van der Waals surface area contributed by atoms with E-state index in [0.717, 1.165) is 28.6 Å². The molecule has 1 heterocycles. The van der Waals surface area contributed by atoms with Gasteiger partial charge in [-0.05, 0) is 74.2 Å². The Morgan fingerprint density at radius 3 is 1.91 bits per heavy atom. The molecule has 0 saturated heterocycles. The van der Waals surface area contributed by atoms with Crippen LogP contribution in [0.1, 0.15) is 50.2 Å². The molecule has 0 bridgehead atoms. The lowest BCUT2D eigenvalue weighted by Gasteiger charge is -2.30. The molecule has 0 unspecified atom stereocenters. The molecule has 1 aliphatic carbocycles. The Kier molecular flexibility index (Phi) is 6.49. The highest BCUT2D eigenvalue weighted by molar-refractivity contribution is 6.03. The average Bonchev–Trinajstić information content (AvgIpc) is 2.75. The summed E-state index contributed by atoms with van der Waals surface area (Å²) in [6.07, 6.45) is 1.17. The van der Waals surface area contributed by atoms with Crippen molar-refractivity contribution >= 4 is 28.9 Å². The number of aromatic nitrogens is 2. The molecule has 0 spiro atoms. The highest BCUT2D eigenvalue weighted by atomic mass is 16.5. The number of hydrogen-bond acceptors (Lipinski definition) is 7. The molecule has 0 saturated carbocycles. The zero-order chi connectivity index (χ0) is 23.4. The van der Waals surface area contributed by atoms with Gasteiger partial charge in [-0.15, -0.1) is 0 Å². The van der Waals surface area contributed by atoms with Crippen LogP contribution in [-0.2, 0) is 6.42 Å². The lowest BCUT2D eigenvalue weighted by molar-refractivity contribution is 0.0911. The fourth-order valence-corrected chi connectivity index (χ4v) is 3.98. The van der Waals surface area contributed by atoms with Crippen molar-refractivity contribution in [3.8, 4) is 11.5 Å². The van der Waals surface area contributed by atoms with Gasteiger partial charge in [0.05, 0.1) is 24.5 Å². The molecule has 0 amide bonds. The van der Waals surface area contributed by atoms with Crippen molar-refractivity contribution in [1.82, 2.24) is 9.97 Å². The summed E-state index contributed by atoms with van der Waals surface area (Å²) < 4.78 is 11.0. The Morgan fingerprint density at radius 2 is 1.36 bits per heavy atom. The van der Waals surface area contributed by atoms with Crippen LogP contribution in [0.25, 0.3) is 0 Å². The number of benzene rings is 2.